The number of carbonyl (C=O) groups is 1. The van der Waals surface area contributed by atoms with Crippen molar-refractivity contribution < 1.29 is 33.2 Å². The van der Waals surface area contributed by atoms with E-state index in [1.54, 1.807) is 19.2 Å². The Morgan fingerprint density at radius 2 is 1.96 bits per heavy atom. The van der Waals surface area contributed by atoms with E-state index >= 15 is 0 Å². The van der Waals surface area contributed by atoms with Gasteiger partial charge in [0.15, 0.2) is 31.4 Å². The van der Waals surface area contributed by atoms with Crippen molar-refractivity contribution in [3.05, 3.63) is 34.9 Å². The Kier molecular flexibility index (Phi) is 9.99. The van der Waals surface area contributed by atoms with Crippen LogP contribution in [0.25, 0.3) is 0 Å². The first-order valence-electron chi connectivity index (χ1n) is 9.42. The fourth-order valence-electron chi connectivity index (χ4n) is 2.82. The van der Waals surface area contributed by atoms with Crippen molar-refractivity contribution in [3.63, 3.8) is 0 Å². The Labute approximate surface area is 166 Å². The van der Waals surface area contributed by atoms with Crippen LogP contribution in [-0.2, 0) is 25.4 Å². The number of allylic oxidation sites excluding steroid dienone is 1. The zero-order valence-corrected chi connectivity index (χ0v) is 16.9. The van der Waals surface area contributed by atoms with E-state index in [0.717, 1.165) is 43.3 Å². The Balaban J connectivity index is 2.10. The number of hydrogen-bond donors (Lipinski definition) is 0. The predicted octanol–water partition coefficient (Wildman–Crippen LogP) is 3.50. The van der Waals surface area contributed by atoms with Crippen molar-refractivity contribution in [3.8, 4) is 11.5 Å². The summed E-state index contributed by atoms with van der Waals surface area (Å²) in [5, 5.41) is 0. The fraction of sp³-hybridized carbons (Fsp3) is 0.571. The van der Waals surface area contributed by atoms with E-state index in [0.29, 0.717) is 30.1 Å². The molecule has 1 aliphatic heterocycles. The molecule has 28 heavy (non-hydrogen) atoms. The van der Waals surface area contributed by atoms with Crippen molar-refractivity contribution in [2.24, 2.45) is 0 Å². The highest BCUT2D eigenvalue weighted by Crippen LogP contribution is 2.34. The van der Waals surface area contributed by atoms with E-state index < -0.39 is 0 Å². The van der Waals surface area contributed by atoms with Gasteiger partial charge in [-0.25, -0.2) is 0 Å². The Morgan fingerprint density at radius 1 is 1.18 bits per heavy atom. The van der Waals surface area contributed by atoms with Gasteiger partial charge in [-0.1, -0.05) is 11.6 Å². The molecule has 1 atom stereocenters. The van der Waals surface area contributed by atoms with Crippen LogP contribution in [0, 0.1) is 0 Å². The van der Waals surface area contributed by atoms with Gasteiger partial charge in [0.1, 0.15) is 6.29 Å². The summed E-state index contributed by atoms with van der Waals surface area (Å²) in [6.07, 6.45) is 6.44. The monoisotopic (exact) mass is 394 g/mol. The standard InChI is InChI=1S/C21H30O7/c1-16(13-26-20-6-4-5-9-25-20)7-8-18-10-17(12-22)11-19(27-14-23-2)21(18)28-15-24-3/h7,10-12,20H,4-6,8-9,13-15H2,1-3H3/b16-7-. The second kappa shape index (κ2) is 12.5. The van der Waals surface area contributed by atoms with E-state index in [1.807, 2.05) is 13.0 Å². The Morgan fingerprint density at radius 3 is 2.64 bits per heavy atom. The summed E-state index contributed by atoms with van der Waals surface area (Å²) in [5.74, 6) is 0.974. The van der Waals surface area contributed by atoms with Gasteiger partial charge in [0.05, 0.1) is 6.61 Å². The lowest BCUT2D eigenvalue weighted by Crippen LogP contribution is -2.22. The van der Waals surface area contributed by atoms with E-state index in [9.17, 15) is 4.79 Å². The highest BCUT2D eigenvalue weighted by Gasteiger charge is 2.15. The molecule has 7 heteroatoms. The van der Waals surface area contributed by atoms with Crippen LogP contribution in [-0.4, -0.2) is 53.6 Å². The quantitative estimate of drug-likeness (QED) is 0.305. The van der Waals surface area contributed by atoms with Gasteiger partial charge in [-0.3, -0.25) is 4.79 Å². The third-order valence-electron chi connectivity index (χ3n) is 4.25. The topological polar surface area (TPSA) is 72.5 Å². The molecule has 0 spiro atoms. The van der Waals surface area contributed by atoms with Crippen molar-refractivity contribution in [1.29, 1.82) is 0 Å². The number of aldehydes is 1. The minimum absolute atomic E-state index is 0.0508. The van der Waals surface area contributed by atoms with Gasteiger partial charge < -0.3 is 28.4 Å². The molecular weight excluding hydrogens is 364 g/mol. The number of ether oxygens (including phenoxy) is 6. The van der Waals surface area contributed by atoms with Crippen LogP contribution in [0.3, 0.4) is 0 Å². The molecule has 0 N–H and O–H groups in total. The van der Waals surface area contributed by atoms with Gasteiger partial charge >= 0.3 is 0 Å². The van der Waals surface area contributed by atoms with Gasteiger partial charge in [-0.05, 0) is 44.7 Å². The summed E-state index contributed by atoms with van der Waals surface area (Å²) in [6, 6.07) is 3.41. The molecule has 0 aromatic heterocycles. The minimum Gasteiger partial charge on any atom is -0.464 e. The number of hydrogen-bond acceptors (Lipinski definition) is 7. The molecule has 0 bridgehead atoms. The molecule has 0 aliphatic carbocycles. The van der Waals surface area contributed by atoms with Gasteiger partial charge in [-0.2, -0.15) is 0 Å². The van der Waals surface area contributed by atoms with Crippen molar-refractivity contribution >= 4 is 6.29 Å². The van der Waals surface area contributed by atoms with Crippen LogP contribution in [0.1, 0.15) is 42.1 Å². The maximum Gasteiger partial charge on any atom is 0.188 e. The molecule has 1 aliphatic rings. The minimum atomic E-state index is -0.120. The van der Waals surface area contributed by atoms with Crippen LogP contribution in [0.15, 0.2) is 23.8 Å². The summed E-state index contributed by atoms with van der Waals surface area (Å²) >= 11 is 0. The number of benzene rings is 1. The van der Waals surface area contributed by atoms with Crippen LogP contribution >= 0.6 is 0 Å². The third-order valence-corrected chi connectivity index (χ3v) is 4.25. The smallest absolute Gasteiger partial charge is 0.188 e. The molecule has 1 fully saturated rings. The Hall–Kier alpha value is -1.93. The van der Waals surface area contributed by atoms with Crippen molar-refractivity contribution in [1.82, 2.24) is 0 Å². The number of carbonyl (C=O) groups excluding carboxylic acids is 1. The molecule has 0 radical (unpaired) electrons. The highest BCUT2D eigenvalue weighted by molar-refractivity contribution is 5.77. The molecule has 1 heterocycles. The molecule has 1 aromatic rings. The molecule has 1 saturated heterocycles. The second-order valence-electron chi connectivity index (χ2n) is 6.59. The van der Waals surface area contributed by atoms with Crippen molar-refractivity contribution in [2.45, 2.75) is 38.9 Å². The zero-order valence-electron chi connectivity index (χ0n) is 16.9. The van der Waals surface area contributed by atoms with E-state index in [-0.39, 0.29) is 19.9 Å². The van der Waals surface area contributed by atoms with Crippen LogP contribution in [0.2, 0.25) is 0 Å². The summed E-state index contributed by atoms with van der Waals surface area (Å²) in [4.78, 5) is 11.3. The molecule has 156 valence electrons. The van der Waals surface area contributed by atoms with E-state index in [2.05, 4.69) is 0 Å². The lowest BCUT2D eigenvalue weighted by Gasteiger charge is -2.22. The van der Waals surface area contributed by atoms with Gasteiger partial charge in [0.25, 0.3) is 0 Å². The van der Waals surface area contributed by atoms with Gasteiger partial charge in [0, 0.05) is 32.0 Å². The van der Waals surface area contributed by atoms with Gasteiger partial charge in [-0.15, -0.1) is 0 Å². The van der Waals surface area contributed by atoms with Crippen molar-refractivity contribution in [2.75, 3.05) is 41.0 Å². The molecule has 2 rings (SSSR count). The summed E-state index contributed by atoms with van der Waals surface area (Å²) in [5.41, 5.74) is 2.40. The number of methoxy groups -OCH3 is 2. The SMILES string of the molecule is COCOc1cc(C=O)cc(C/C=C(/C)COC2CCCCO2)c1OCOC. The lowest BCUT2D eigenvalue weighted by atomic mass is 10.0. The molecule has 1 unspecified atom stereocenters. The maximum absolute atomic E-state index is 11.3. The summed E-state index contributed by atoms with van der Waals surface area (Å²) in [6.45, 7) is 3.39. The average Bonchev–Trinajstić information content (AvgIpc) is 2.74. The highest BCUT2D eigenvalue weighted by atomic mass is 16.7. The fourth-order valence-corrected chi connectivity index (χ4v) is 2.82. The summed E-state index contributed by atoms with van der Waals surface area (Å²) < 4.78 is 32.7. The first kappa shape index (κ1) is 22.4. The first-order chi connectivity index (χ1) is 13.7. The third kappa shape index (κ3) is 7.24. The lowest BCUT2D eigenvalue weighted by molar-refractivity contribution is -0.156. The zero-order chi connectivity index (χ0) is 20.2. The molecule has 0 amide bonds. The largest absolute Gasteiger partial charge is 0.464 e. The predicted molar refractivity (Wildman–Crippen MR) is 104 cm³/mol. The molecule has 1 aromatic carbocycles. The van der Waals surface area contributed by atoms with E-state index in [4.69, 9.17) is 28.4 Å². The number of rotatable bonds is 12. The molecule has 7 nitrogen and oxygen atoms in total. The van der Waals surface area contributed by atoms with E-state index in [1.165, 1.54) is 7.11 Å². The average molecular weight is 394 g/mol. The molecular formula is C21H30O7. The van der Waals surface area contributed by atoms with Crippen LogP contribution < -0.4 is 9.47 Å². The Bertz CT molecular complexity index is 636. The maximum atomic E-state index is 11.3. The normalized spacial score (nSPS) is 17.4. The first-order valence-corrected chi connectivity index (χ1v) is 9.42. The van der Waals surface area contributed by atoms with Crippen LogP contribution in [0.4, 0.5) is 0 Å². The summed E-state index contributed by atoms with van der Waals surface area (Å²) in [7, 11) is 3.08. The molecule has 0 saturated carbocycles. The second-order valence-corrected chi connectivity index (χ2v) is 6.59. The van der Waals surface area contributed by atoms with Crippen LogP contribution in [0.5, 0.6) is 11.5 Å². The van der Waals surface area contributed by atoms with Gasteiger partial charge in [0.2, 0.25) is 0 Å².